The van der Waals surface area contributed by atoms with E-state index in [-0.39, 0.29) is 17.3 Å². The molecule has 2 aromatic carbocycles. The molecule has 0 saturated heterocycles. The number of ether oxygens (including phenoxy) is 1. The van der Waals surface area contributed by atoms with E-state index >= 15 is 0 Å². The van der Waals surface area contributed by atoms with Crippen LogP contribution in [0.25, 0.3) is 22.1 Å². The number of oxazole rings is 1. The summed E-state index contributed by atoms with van der Waals surface area (Å²) >= 11 is 0. The minimum atomic E-state index is -4.76. The third-order valence-corrected chi connectivity index (χ3v) is 3.78. The van der Waals surface area contributed by atoms with E-state index in [2.05, 4.69) is 20.0 Å². The van der Waals surface area contributed by atoms with E-state index in [1.165, 1.54) is 12.1 Å². The maximum absolute atomic E-state index is 12.3. The number of benzene rings is 2. The first-order valence-corrected chi connectivity index (χ1v) is 7.81. The number of nitrogens with zero attached hydrogens (tertiary/aromatic N) is 3. The molecule has 4 aromatic rings. The molecule has 26 heavy (non-hydrogen) atoms. The van der Waals surface area contributed by atoms with E-state index in [0.717, 1.165) is 17.1 Å². The van der Waals surface area contributed by atoms with Crippen molar-refractivity contribution in [2.45, 2.75) is 19.8 Å². The smallest absolute Gasteiger partial charge is 0.423 e. The highest BCUT2D eigenvalue weighted by atomic mass is 19.4. The minimum Gasteiger partial charge on any atom is -0.423 e. The average molecular weight is 362 g/mol. The summed E-state index contributed by atoms with van der Waals surface area (Å²) in [7, 11) is 0. The maximum atomic E-state index is 12.3. The van der Waals surface area contributed by atoms with Gasteiger partial charge in [0.25, 0.3) is 0 Å². The third kappa shape index (κ3) is 3.03. The third-order valence-electron chi connectivity index (χ3n) is 3.78. The molecule has 134 valence electrons. The Hall–Kier alpha value is -3.23. The van der Waals surface area contributed by atoms with Crippen molar-refractivity contribution in [3.8, 4) is 5.75 Å². The molecule has 0 saturated carbocycles. The summed E-state index contributed by atoms with van der Waals surface area (Å²) in [6.45, 7) is 2.65. The molecule has 0 unspecified atom stereocenters. The van der Waals surface area contributed by atoms with Crippen LogP contribution in [0.15, 0.2) is 46.9 Å². The number of hydrogen-bond acceptors (Lipinski definition) is 5. The fourth-order valence-corrected chi connectivity index (χ4v) is 2.74. The number of fused-ring (bicyclic) bond motifs is 2. The quantitative estimate of drug-likeness (QED) is 0.563. The lowest BCUT2D eigenvalue weighted by molar-refractivity contribution is -0.274. The summed E-state index contributed by atoms with van der Waals surface area (Å²) < 4.78 is 48.3. The normalized spacial score (nSPS) is 12.0. The number of nitrogens with one attached hydrogen (secondary N) is 1. The first-order valence-electron chi connectivity index (χ1n) is 7.81. The van der Waals surface area contributed by atoms with E-state index in [0.29, 0.717) is 18.0 Å². The summed E-state index contributed by atoms with van der Waals surface area (Å²) in [6, 6.07) is 11.5. The largest absolute Gasteiger partial charge is 0.573 e. The molecule has 6 nitrogen and oxygen atoms in total. The van der Waals surface area contributed by atoms with E-state index in [9.17, 15) is 13.2 Å². The highest BCUT2D eigenvalue weighted by molar-refractivity contribution is 5.80. The Morgan fingerprint density at radius 1 is 1.12 bits per heavy atom. The van der Waals surface area contributed by atoms with Crippen molar-refractivity contribution in [3.05, 3.63) is 42.5 Å². The van der Waals surface area contributed by atoms with Gasteiger partial charge in [0.05, 0.1) is 11.0 Å². The van der Waals surface area contributed by atoms with E-state index in [4.69, 9.17) is 4.42 Å². The van der Waals surface area contributed by atoms with Crippen molar-refractivity contribution in [2.24, 2.45) is 0 Å². The van der Waals surface area contributed by atoms with Crippen molar-refractivity contribution in [1.82, 2.24) is 14.5 Å². The van der Waals surface area contributed by atoms with Crippen molar-refractivity contribution < 1.29 is 22.3 Å². The number of rotatable bonds is 4. The van der Waals surface area contributed by atoms with E-state index in [1.807, 2.05) is 35.8 Å². The number of hydrogen-bond donors (Lipinski definition) is 1. The van der Waals surface area contributed by atoms with E-state index < -0.39 is 6.36 Å². The Balaban J connectivity index is 1.67. The van der Waals surface area contributed by atoms with Crippen LogP contribution in [-0.2, 0) is 6.54 Å². The van der Waals surface area contributed by atoms with Crippen molar-refractivity contribution in [3.63, 3.8) is 0 Å². The molecule has 0 aliphatic rings. The van der Waals surface area contributed by atoms with Gasteiger partial charge in [0, 0.05) is 12.6 Å². The fourth-order valence-electron chi connectivity index (χ4n) is 2.74. The van der Waals surface area contributed by atoms with Gasteiger partial charge >= 0.3 is 12.4 Å². The van der Waals surface area contributed by atoms with Crippen molar-refractivity contribution in [2.75, 3.05) is 5.32 Å². The number of para-hydroxylation sites is 2. The molecule has 2 heterocycles. The molecule has 0 aliphatic heterocycles. The summed E-state index contributed by atoms with van der Waals surface area (Å²) in [5, 5.41) is 2.98. The van der Waals surface area contributed by atoms with Crippen LogP contribution >= 0.6 is 0 Å². The van der Waals surface area contributed by atoms with Crippen LogP contribution in [0, 0.1) is 0 Å². The maximum Gasteiger partial charge on any atom is 0.573 e. The van der Waals surface area contributed by atoms with Crippen LogP contribution in [-0.4, -0.2) is 20.9 Å². The Morgan fingerprint density at radius 3 is 2.69 bits per heavy atom. The Labute approximate surface area is 145 Å². The van der Waals surface area contributed by atoms with Gasteiger partial charge in [-0.05, 0) is 31.2 Å². The molecule has 1 N–H and O–H groups in total. The molecule has 0 amide bonds. The molecule has 0 atom stereocenters. The van der Waals surface area contributed by atoms with Crippen LogP contribution in [0.2, 0.25) is 0 Å². The summed E-state index contributed by atoms with van der Waals surface area (Å²) in [6.07, 6.45) is -4.76. The Morgan fingerprint density at radius 2 is 1.92 bits per heavy atom. The van der Waals surface area contributed by atoms with Gasteiger partial charge in [-0.3, -0.25) is 5.32 Å². The number of imidazole rings is 1. The monoisotopic (exact) mass is 362 g/mol. The van der Waals surface area contributed by atoms with Gasteiger partial charge < -0.3 is 13.7 Å². The lowest BCUT2D eigenvalue weighted by Crippen LogP contribution is -2.16. The summed E-state index contributed by atoms with van der Waals surface area (Å²) in [4.78, 5) is 8.72. The van der Waals surface area contributed by atoms with Gasteiger partial charge in [0.15, 0.2) is 5.58 Å². The second-order valence-corrected chi connectivity index (χ2v) is 5.49. The lowest BCUT2D eigenvalue weighted by atomic mass is 10.3. The lowest BCUT2D eigenvalue weighted by Gasteiger charge is -2.07. The topological polar surface area (TPSA) is 65.1 Å². The van der Waals surface area contributed by atoms with Gasteiger partial charge in [-0.25, -0.2) is 4.98 Å². The number of anilines is 2. The van der Waals surface area contributed by atoms with Crippen LogP contribution in [0.4, 0.5) is 25.1 Å². The molecule has 4 rings (SSSR count). The molecular weight excluding hydrogens is 349 g/mol. The number of alkyl halides is 3. The zero-order valence-corrected chi connectivity index (χ0v) is 13.5. The number of halogens is 3. The SMILES string of the molecule is CCn1c(Nc2nc3ccc(OC(F)(F)F)cc3o2)nc2ccccc21. The fraction of sp³-hybridized carbons (Fsp3) is 0.176. The Bertz CT molecular complexity index is 1080. The molecular formula is C17H13F3N4O2. The second kappa shape index (κ2) is 5.94. The molecule has 2 aromatic heterocycles. The van der Waals surface area contributed by atoms with Gasteiger partial charge in [0.1, 0.15) is 11.3 Å². The van der Waals surface area contributed by atoms with Crippen LogP contribution in [0.5, 0.6) is 5.75 Å². The summed E-state index contributed by atoms with van der Waals surface area (Å²) in [5.41, 5.74) is 2.35. The molecule has 0 bridgehead atoms. The average Bonchev–Trinajstić information content (AvgIpc) is 3.12. The zero-order chi connectivity index (χ0) is 18.3. The first-order chi connectivity index (χ1) is 12.4. The predicted molar refractivity (Wildman–Crippen MR) is 89.4 cm³/mol. The molecule has 0 fully saturated rings. The molecule has 0 radical (unpaired) electrons. The summed E-state index contributed by atoms with van der Waals surface area (Å²) in [5.74, 6) is 0.167. The first kappa shape index (κ1) is 16.2. The predicted octanol–water partition coefficient (Wildman–Crippen LogP) is 4.84. The van der Waals surface area contributed by atoms with Crippen LogP contribution in [0.1, 0.15) is 6.92 Å². The highest BCUT2D eigenvalue weighted by Gasteiger charge is 2.31. The van der Waals surface area contributed by atoms with E-state index in [1.54, 1.807) is 0 Å². The van der Waals surface area contributed by atoms with Crippen molar-refractivity contribution in [1.29, 1.82) is 0 Å². The molecule has 9 heteroatoms. The highest BCUT2D eigenvalue weighted by Crippen LogP contribution is 2.29. The Kier molecular flexibility index (Phi) is 3.71. The number of aryl methyl sites for hydroxylation is 1. The second-order valence-electron chi connectivity index (χ2n) is 5.49. The van der Waals surface area contributed by atoms with Gasteiger partial charge in [-0.15, -0.1) is 13.2 Å². The van der Waals surface area contributed by atoms with Gasteiger partial charge in [-0.1, -0.05) is 12.1 Å². The van der Waals surface area contributed by atoms with Crippen LogP contribution < -0.4 is 10.1 Å². The minimum absolute atomic E-state index is 0.133. The standard InChI is InChI=1S/C17H13F3N4O2/c1-2-24-13-6-4-3-5-11(13)21-15(24)23-16-22-12-8-7-10(9-14(12)25-16)26-17(18,19)20/h3-9H,2H2,1H3,(H,21,22,23). The number of aromatic nitrogens is 3. The van der Waals surface area contributed by atoms with Gasteiger partial charge in [0.2, 0.25) is 5.95 Å². The van der Waals surface area contributed by atoms with Crippen molar-refractivity contribution >= 4 is 34.1 Å². The van der Waals surface area contributed by atoms with Gasteiger partial charge in [-0.2, -0.15) is 4.98 Å². The van der Waals surface area contributed by atoms with Crippen LogP contribution in [0.3, 0.4) is 0 Å². The molecule has 0 aliphatic carbocycles. The zero-order valence-electron chi connectivity index (χ0n) is 13.5. The molecule has 0 spiro atoms.